The van der Waals surface area contributed by atoms with Gasteiger partial charge in [-0.2, -0.15) is 0 Å². The van der Waals surface area contributed by atoms with Gasteiger partial charge in [-0.1, -0.05) is 13.8 Å². The first-order valence-electron chi connectivity index (χ1n) is 8.83. The fraction of sp³-hybridized carbons (Fsp3) is 0.350. The van der Waals surface area contributed by atoms with Crippen LogP contribution in [0.1, 0.15) is 26.7 Å². The average Bonchev–Trinajstić information content (AvgIpc) is 2.65. The van der Waals surface area contributed by atoms with Crippen LogP contribution in [0.3, 0.4) is 0 Å². The van der Waals surface area contributed by atoms with Crippen molar-refractivity contribution in [3.63, 3.8) is 0 Å². The second kappa shape index (κ2) is 9.91. The van der Waals surface area contributed by atoms with Gasteiger partial charge in [0.25, 0.3) is 0 Å². The van der Waals surface area contributed by atoms with Gasteiger partial charge in [-0.05, 0) is 61.4 Å². The molecule has 0 aromatic heterocycles. The van der Waals surface area contributed by atoms with Crippen LogP contribution in [0.5, 0.6) is 11.5 Å². The summed E-state index contributed by atoms with van der Waals surface area (Å²) in [6.07, 6.45) is 2.51. The highest BCUT2D eigenvalue weighted by Crippen LogP contribution is 2.28. The van der Waals surface area contributed by atoms with Crippen molar-refractivity contribution in [1.82, 2.24) is 0 Å². The van der Waals surface area contributed by atoms with E-state index in [1.54, 1.807) is 36.4 Å². The number of hydrogen-bond donors (Lipinski definition) is 2. The summed E-state index contributed by atoms with van der Waals surface area (Å²) in [6.45, 7) is 4.22. The quantitative estimate of drug-likeness (QED) is 0.664. The van der Waals surface area contributed by atoms with Gasteiger partial charge < -0.3 is 15.8 Å². The predicted octanol–water partition coefficient (Wildman–Crippen LogP) is 4.01. The summed E-state index contributed by atoms with van der Waals surface area (Å²) in [6, 6.07) is 13.2. The van der Waals surface area contributed by atoms with Gasteiger partial charge >= 0.3 is 0 Å². The van der Waals surface area contributed by atoms with Crippen LogP contribution in [0.15, 0.2) is 53.4 Å². The molecule has 0 radical (unpaired) electrons. The van der Waals surface area contributed by atoms with Crippen LogP contribution < -0.4 is 15.8 Å². The molecule has 1 amide bonds. The normalized spacial score (nSPS) is 11.4. The Kier molecular flexibility index (Phi) is 8.48. The fourth-order valence-electron chi connectivity index (χ4n) is 2.71. The Labute approximate surface area is 172 Å². The summed E-state index contributed by atoms with van der Waals surface area (Å²) < 4.78 is 28.7. The summed E-state index contributed by atoms with van der Waals surface area (Å²) in [5, 5.41) is 2.91. The second-order valence-electron chi connectivity index (χ2n) is 6.52. The molecule has 0 unspecified atom stereocenters. The molecule has 2 aromatic rings. The van der Waals surface area contributed by atoms with Gasteiger partial charge in [0.05, 0.1) is 10.3 Å². The Hall–Kier alpha value is -2.09. The van der Waals surface area contributed by atoms with Crippen molar-refractivity contribution in [3.05, 3.63) is 48.5 Å². The highest BCUT2D eigenvalue weighted by Gasteiger charge is 2.33. The molecule has 3 N–H and O–H groups in total. The molecule has 2 aromatic carbocycles. The van der Waals surface area contributed by atoms with E-state index in [0.717, 1.165) is 6.26 Å². The number of benzene rings is 2. The molecule has 0 aliphatic rings. The molecule has 0 saturated heterocycles. The van der Waals surface area contributed by atoms with Crippen molar-refractivity contribution in [3.8, 4) is 11.5 Å². The van der Waals surface area contributed by atoms with Crippen molar-refractivity contribution in [1.29, 1.82) is 0 Å². The SMILES string of the molecule is CCC(CC)(CN)C(=O)Nc1ccc(Oc2ccc(S(C)(=O)=O)cc2)cc1.Cl. The summed E-state index contributed by atoms with van der Waals surface area (Å²) >= 11 is 0. The molecule has 6 nitrogen and oxygen atoms in total. The lowest BCUT2D eigenvalue weighted by Gasteiger charge is -2.28. The predicted molar refractivity (Wildman–Crippen MR) is 114 cm³/mol. The van der Waals surface area contributed by atoms with E-state index < -0.39 is 15.3 Å². The van der Waals surface area contributed by atoms with E-state index in [1.807, 2.05) is 13.8 Å². The maximum atomic E-state index is 12.5. The van der Waals surface area contributed by atoms with E-state index in [2.05, 4.69) is 5.32 Å². The Bertz CT molecular complexity index is 869. The van der Waals surface area contributed by atoms with Crippen molar-refractivity contribution < 1.29 is 17.9 Å². The van der Waals surface area contributed by atoms with E-state index >= 15 is 0 Å². The van der Waals surface area contributed by atoms with E-state index in [-0.39, 0.29) is 23.2 Å². The van der Waals surface area contributed by atoms with Crippen molar-refractivity contribution in [2.45, 2.75) is 31.6 Å². The molecule has 2 rings (SSSR count). The zero-order valence-electron chi connectivity index (χ0n) is 16.3. The number of nitrogens with one attached hydrogen (secondary N) is 1. The van der Waals surface area contributed by atoms with Gasteiger partial charge in [-0.25, -0.2) is 8.42 Å². The number of amides is 1. The molecule has 0 saturated carbocycles. The van der Waals surface area contributed by atoms with Crippen LogP contribution in [0.4, 0.5) is 5.69 Å². The summed E-state index contributed by atoms with van der Waals surface area (Å²) in [5.41, 5.74) is 5.92. The average molecular weight is 427 g/mol. The van der Waals surface area contributed by atoms with Gasteiger partial charge in [0.1, 0.15) is 11.5 Å². The molecular weight excluding hydrogens is 400 g/mol. The van der Waals surface area contributed by atoms with E-state index in [0.29, 0.717) is 36.6 Å². The Morgan fingerprint density at radius 1 is 1.00 bits per heavy atom. The van der Waals surface area contributed by atoms with Crippen LogP contribution in [0, 0.1) is 5.41 Å². The minimum absolute atomic E-state index is 0. The molecule has 0 spiro atoms. The molecule has 0 heterocycles. The lowest BCUT2D eigenvalue weighted by Crippen LogP contribution is -2.41. The third kappa shape index (κ3) is 5.70. The molecule has 0 atom stereocenters. The van der Waals surface area contributed by atoms with E-state index in [1.165, 1.54) is 12.1 Å². The van der Waals surface area contributed by atoms with Gasteiger partial charge in [-0.15, -0.1) is 12.4 Å². The monoisotopic (exact) mass is 426 g/mol. The smallest absolute Gasteiger partial charge is 0.231 e. The highest BCUT2D eigenvalue weighted by molar-refractivity contribution is 7.90. The molecule has 0 aliphatic heterocycles. The fourth-order valence-corrected chi connectivity index (χ4v) is 3.34. The number of carbonyl (C=O) groups excluding carboxylic acids is 1. The zero-order chi connectivity index (χ0) is 20.1. The number of carbonyl (C=O) groups is 1. The summed E-state index contributed by atoms with van der Waals surface area (Å²) in [5.74, 6) is 1.02. The molecule has 0 bridgehead atoms. The first kappa shape index (κ1) is 23.9. The second-order valence-corrected chi connectivity index (χ2v) is 8.53. The van der Waals surface area contributed by atoms with Crippen LogP contribution in [-0.2, 0) is 14.6 Å². The number of sulfone groups is 1. The number of hydrogen-bond acceptors (Lipinski definition) is 5. The minimum Gasteiger partial charge on any atom is -0.457 e. The van der Waals surface area contributed by atoms with Gasteiger partial charge in [0.2, 0.25) is 5.91 Å². The third-order valence-corrected chi connectivity index (χ3v) is 5.95. The van der Waals surface area contributed by atoms with Crippen LogP contribution in [0.2, 0.25) is 0 Å². The summed E-state index contributed by atoms with van der Waals surface area (Å²) in [7, 11) is -3.23. The Balaban J connectivity index is 0.00000392. The minimum atomic E-state index is -3.23. The van der Waals surface area contributed by atoms with Crippen LogP contribution in [0.25, 0.3) is 0 Å². The first-order valence-corrected chi connectivity index (χ1v) is 10.7. The molecule has 28 heavy (non-hydrogen) atoms. The molecule has 0 aliphatic carbocycles. The number of anilines is 1. The highest BCUT2D eigenvalue weighted by atomic mass is 35.5. The van der Waals surface area contributed by atoms with E-state index in [9.17, 15) is 13.2 Å². The Morgan fingerprint density at radius 3 is 1.86 bits per heavy atom. The number of halogens is 1. The molecule has 8 heteroatoms. The summed E-state index contributed by atoms with van der Waals surface area (Å²) in [4.78, 5) is 12.8. The molecule has 154 valence electrons. The molecule has 0 fully saturated rings. The van der Waals surface area contributed by atoms with Crippen molar-refractivity contribution >= 4 is 33.8 Å². The van der Waals surface area contributed by atoms with Crippen LogP contribution in [-0.4, -0.2) is 27.1 Å². The first-order chi connectivity index (χ1) is 12.7. The standard InChI is InChI=1S/C20H26N2O4S.ClH/c1-4-20(5-2,14-21)19(23)22-15-6-8-16(9-7-15)26-17-10-12-18(13-11-17)27(3,24)25;/h6-13H,4-5,14,21H2,1-3H3,(H,22,23);1H. The lowest BCUT2D eigenvalue weighted by atomic mass is 9.81. The zero-order valence-corrected chi connectivity index (χ0v) is 17.9. The third-order valence-electron chi connectivity index (χ3n) is 4.83. The van der Waals surface area contributed by atoms with Crippen molar-refractivity contribution in [2.24, 2.45) is 11.1 Å². The topological polar surface area (TPSA) is 98.5 Å². The number of ether oxygens (including phenoxy) is 1. The van der Waals surface area contributed by atoms with Crippen LogP contribution >= 0.6 is 12.4 Å². The van der Waals surface area contributed by atoms with Gasteiger partial charge in [-0.3, -0.25) is 4.79 Å². The Morgan fingerprint density at radius 2 is 1.46 bits per heavy atom. The maximum Gasteiger partial charge on any atom is 0.231 e. The van der Waals surface area contributed by atoms with Crippen molar-refractivity contribution in [2.75, 3.05) is 18.1 Å². The maximum absolute atomic E-state index is 12.5. The largest absolute Gasteiger partial charge is 0.457 e. The molecular formula is C20H27ClN2O4S. The number of nitrogens with two attached hydrogens (primary N) is 1. The van der Waals surface area contributed by atoms with Gasteiger partial charge in [0, 0.05) is 18.5 Å². The van der Waals surface area contributed by atoms with Gasteiger partial charge in [0.15, 0.2) is 9.84 Å². The van der Waals surface area contributed by atoms with E-state index in [4.69, 9.17) is 10.5 Å². The lowest BCUT2D eigenvalue weighted by molar-refractivity contribution is -0.125. The number of rotatable bonds is 8.